The predicted octanol–water partition coefficient (Wildman–Crippen LogP) is 5.10. The van der Waals surface area contributed by atoms with Crippen molar-refractivity contribution in [3.05, 3.63) is 77.2 Å². The molecular weight excluding hydrogens is 606 g/mol. The van der Waals surface area contributed by atoms with Crippen LogP contribution in [0.1, 0.15) is 12.8 Å². The Balaban J connectivity index is 1.23. The number of fused-ring (bicyclic) bond motifs is 2. The minimum absolute atomic E-state index is 0.0145. The third-order valence-corrected chi connectivity index (χ3v) is 9.18. The van der Waals surface area contributed by atoms with Crippen LogP contribution in [-0.4, -0.2) is 65.7 Å². The molecule has 2 aromatic carbocycles. The lowest BCUT2D eigenvalue weighted by Gasteiger charge is -2.26. The van der Waals surface area contributed by atoms with E-state index >= 15 is 0 Å². The van der Waals surface area contributed by atoms with Crippen LogP contribution in [0.3, 0.4) is 0 Å². The summed E-state index contributed by atoms with van der Waals surface area (Å²) < 4.78 is 35.3. The topological polar surface area (TPSA) is 117 Å². The van der Waals surface area contributed by atoms with Crippen molar-refractivity contribution in [2.75, 3.05) is 61.2 Å². The highest BCUT2D eigenvalue weighted by atomic mass is 19.1. The van der Waals surface area contributed by atoms with Crippen molar-refractivity contribution in [3.63, 3.8) is 0 Å². The molecule has 13 heteroatoms. The van der Waals surface area contributed by atoms with Crippen LogP contribution in [0.25, 0.3) is 11.0 Å². The molecule has 2 saturated heterocycles. The van der Waals surface area contributed by atoms with E-state index in [1.54, 1.807) is 30.0 Å². The molecule has 0 bridgehead atoms. The third-order valence-electron chi connectivity index (χ3n) is 9.18. The molecule has 3 fully saturated rings. The fraction of sp³-hybridized carbons (Fsp3) is 0.353. The maximum absolute atomic E-state index is 14.4. The largest absolute Gasteiger partial charge is 0.494 e. The zero-order chi connectivity index (χ0) is 32.8. The molecular formula is C34H36F2N8O3. The van der Waals surface area contributed by atoms with E-state index in [0.717, 1.165) is 56.8 Å². The summed E-state index contributed by atoms with van der Waals surface area (Å²) in [6.07, 6.45) is 4.80. The highest BCUT2D eigenvalue weighted by molar-refractivity contribution is 6.02. The summed E-state index contributed by atoms with van der Waals surface area (Å²) in [5.74, 6) is 0.333. The van der Waals surface area contributed by atoms with Gasteiger partial charge in [-0.3, -0.25) is 14.2 Å². The van der Waals surface area contributed by atoms with Crippen LogP contribution in [-0.2, 0) is 11.3 Å². The molecule has 4 aromatic rings. The normalized spacial score (nSPS) is 19.1. The monoisotopic (exact) mass is 642 g/mol. The lowest BCUT2D eigenvalue weighted by atomic mass is 10.0. The van der Waals surface area contributed by atoms with Crippen molar-refractivity contribution in [3.8, 4) is 5.75 Å². The Bertz CT molecular complexity index is 1930. The van der Waals surface area contributed by atoms with Crippen LogP contribution < -0.4 is 31.1 Å². The molecule has 0 spiro atoms. The van der Waals surface area contributed by atoms with Crippen LogP contribution in [0.4, 0.5) is 43.2 Å². The van der Waals surface area contributed by atoms with Gasteiger partial charge in [0.1, 0.15) is 28.7 Å². The van der Waals surface area contributed by atoms with Crippen molar-refractivity contribution >= 4 is 51.3 Å². The Hall–Kier alpha value is -5.04. The van der Waals surface area contributed by atoms with E-state index in [4.69, 9.17) is 9.72 Å². The quantitative estimate of drug-likeness (QED) is 0.203. The first-order valence-electron chi connectivity index (χ1n) is 15.7. The number of nitrogens with one attached hydrogen (secondary N) is 3. The van der Waals surface area contributed by atoms with Crippen LogP contribution in [0.15, 0.2) is 60.0 Å². The van der Waals surface area contributed by atoms with Gasteiger partial charge in [-0.2, -0.15) is 4.98 Å². The highest BCUT2D eigenvalue weighted by Crippen LogP contribution is 2.42. The Morgan fingerprint density at radius 1 is 1.02 bits per heavy atom. The first-order chi connectivity index (χ1) is 22.7. The maximum atomic E-state index is 14.4. The van der Waals surface area contributed by atoms with Crippen molar-refractivity contribution < 1.29 is 18.3 Å². The first kappa shape index (κ1) is 30.6. The summed E-state index contributed by atoms with van der Waals surface area (Å²) in [5, 5.41) is 9.56. The zero-order valence-corrected chi connectivity index (χ0v) is 26.2. The molecule has 11 nitrogen and oxygen atoms in total. The number of anilines is 6. The molecule has 244 valence electrons. The van der Waals surface area contributed by atoms with E-state index < -0.39 is 11.6 Å². The van der Waals surface area contributed by atoms with Gasteiger partial charge in [-0.15, -0.1) is 0 Å². The van der Waals surface area contributed by atoms with Crippen molar-refractivity contribution in [2.24, 2.45) is 17.8 Å². The highest BCUT2D eigenvalue weighted by Gasteiger charge is 2.39. The van der Waals surface area contributed by atoms with Crippen molar-refractivity contribution in [1.82, 2.24) is 19.4 Å². The first-order valence-corrected chi connectivity index (χ1v) is 15.7. The van der Waals surface area contributed by atoms with Crippen LogP contribution in [0, 0.1) is 29.4 Å². The second kappa shape index (κ2) is 12.3. The summed E-state index contributed by atoms with van der Waals surface area (Å²) in [7, 11) is 3.72. The van der Waals surface area contributed by atoms with E-state index in [-0.39, 0.29) is 28.8 Å². The average molecular weight is 643 g/mol. The lowest BCUT2D eigenvalue weighted by Crippen LogP contribution is -2.27. The standard InChI is InChI=1S/C34H36F2N8O3/c1-4-31(45)39-26-11-27(30(47-3)12-29(26)43-17-21-15-42(2)16-22(21)18-43)40-34-37-13-20-9-28(38-25-8-7-23(35)10-24(25)36)33(46)44(32(20)41-34)14-19-5-6-19/h4,7-13,19,21-22,38H,1,5-6,14-18H2,2-3H3,(H,39,45)(H,37,40,41)/t21-,22+. The van der Waals surface area contributed by atoms with Gasteiger partial charge >= 0.3 is 0 Å². The number of methoxy groups -OCH3 is 1. The minimum Gasteiger partial charge on any atom is -0.494 e. The molecule has 3 N–H and O–H groups in total. The lowest BCUT2D eigenvalue weighted by molar-refractivity contribution is -0.111. The molecule has 2 atom stereocenters. The number of aromatic nitrogens is 3. The fourth-order valence-electron chi connectivity index (χ4n) is 6.70. The van der Waals surface area contributed by atoms with Crippen molar-refractivity contribution in [2.45, 2.75) is 19.4 Å². The molecule has 2 aromatic heterocycles. The zero-order valence-electron chi connectivity index (χ0n) is 26.2. The fourth-order valence-corrected chi connectivity index (χ4v) is 6.70. The number of hydrogen-bond donors (Lipinski definition) is 3. The van der Waals surface area contributed by atoms with Gasteiger partial charge < -0.3 is 30.5 Å². The third kappa shape index (κ3) is 6.22. The summed E-state index contributed by atoms with van der Waals surface area (Å²) in [4.78, 5) is 40.1. The maximum Gasteiger partial charge on any atom is 0.275 e. The molecule has 47 heavy (non-hydrogen) atoms. The van der Waals surface area contributed by atoms with Gasteiger partial charge in [-0.05, 0) is 68.0 Å². The number of ether oxygens (including phenoxy) is 1. The van der Waals surface area contributed by atoms with Crippen LogP contribution in [0.2, 0.25) is 0 Å². The number of carbonyl (C=O) groups excluding carboxylic acids is 1. The number of benzene rings is 2. The van der Waals surface area contributed by atoms with Gasteiger partial charge in [0.2, 0.25) is 11.9 Å². The van der Waals surface area contributed by atoms with E-state index in [0.29, 0.717) is 52.5 Å². The summed E-state index contributed by atoms with van der Waals surface area (Å²) >= 11 is 0. The van der Waals surface area contributed by atoms with Crippen LogP contribution in [0.5, 0.6) is 5.75 Å². The number of nitrogens with zero attached hydrogens (tertiary/aromatic N) is 5. The number of carbonyl (C=O) groups is 1. The number of hydrogen-bond acceptors (Lipinski definition) is 9. The Morgan fingerprint density at radius 2 is 1.79 bits per heavy atom. The molecule has 1 aliphatic carbocycles. The second-order valence-corrected chi connectivity index (χ2v) is 12.7. The Kier molecular flexibility index (Phi) is 8.00. The second-order valence-electron chi connectivity index (χ2n) is 12.7. The number of halogens is 2. The summed E-state index contributed by atoms with van der Waals surface area (Å²) in [6, 6.07) is 8.40. The number of pyridine rings is 1. The van der Waals surface area contributed by atoms with Gasteiger partial charge in [0.25, 0.3) is 5.56 Å². The van der Waals surface area contributed by atoms with E-state index in [1.807, 2.05) is 6.07 Å². The number of likely N-dealkylation sites (tertiary alicyclic amines) is 1. The minimum atomic E-state index is -0.808. The molecule has 4 heterocycles. The van der Waals surface area contributed by atoms with E-state index in [2.05, 4.69) is 44.4 Å². The van der Waals surface area contributed by atoms with Crippen molar-refractivity contribution in [1.29, 1.82) is 0 Å². The van der Waals surface area contributed by atoms with Gasteiger partial charge in [-0.25, -0.2) is 13.8 Å². The Labute approximate surface area is 270 Å². The molecule has 1 saturated carbocycles. The van der Waals surface area contributed by atoms with Gasteiger partial charge in [0.05, 0.1) is 29.9 Å². The molecule has 2 aliphatic heterocycles. The van der Waals surface area contributed by atoms with E-state index in [1.165, 1.54) is 12.1 Å². The molecule has 7 rings (SSSR count). The number of amides is 1. The molecule has 3 aliphatic rings. The van der Waals surface area contributed by atoms with E-state index in [9.17, 15) is 18.4 Å². The molecule has 0 radical (unpaired) electrons. The average Bonchev–Trinajstić information content (AvgIpc) is 3.69. The van der Waals surface area contributed by atoms with Crippen LogP contribution >= 0.6 is 0 Å². The number of rotatable bonds is 10. The Morgan fingerprint density at radius 3 is 2.47 bits per heavy atom. The summed E-state index contributed by atoms with van der Waals surface area (Å²) in [5.41, 5.74) is 2.13. The SMILES string of the molecule is C=CC(=O)Nc1cc(Nc2ncc3cc(Nc4ccc(F)cc4F)c(=O)n(CC4CC4)c3n2)c(OC)cc1N1C[C@H]2CN(C)C[C@H]2C1. The smallest absolute Gasteiger partial charge is 0.275 e. The molecule has 1 amide bonds. The van der Waals surface area contributed by atoms with Gasteiger partial charge in [0, 0.05) is 56.4 Å². The molecule has 0 unspecified atom stereocenters. The summed E-state index contributed by atoms with van der Waals surface area (Å²) in [6.45, 7) is 7.88. The predicted molar refractivity (Wildman–Crippen MR) is 178 cm³/mol. The van der Waals surface area contributed by atoms with Gasteiger partial charge in [0.15, 0.2) is 0 Å². The van der Waals surface area contributed by atoms with Gasteiger partial charge in [-0.1, -0.05) is 6.58 Å².